The van der Waals surface area contributed by atoms with E-state index in [-0.39, 0.29) is 12.5 Å². The summed E-state index contributed by atoms with van der Waals surface area (Å²) in [6.07, 6.45) is 54.3. The maximum Gasteiger partial charge on any atom is 0.268 e. The van der Waals surface area contributed by atoms with Crippen LogP contribution < -0.4 is 10.2 Å². The SMILES string of the molecule is CCCC/C=C/CC/C=C/CC/C=C/C(O)C(COP(=O)([O-])OCC[N+](C)(C)C)NC(=O)CCCCCCCCCCCCCCC/C=C\C/C=C\CCCCCCC. The molecule has 0 rings (SSSR count). The van der Waals surface area contributed by atoms with Crippen molar-refractivity contribution in [3.63, 3.8) is 0 Å². The maximum atomic E-state index is 12.9. The number of phosphoric ester groups is 1. The summed E-state index contributed by atoms with van der Waals surface area (Å²) in [7, 11) is 1.23. The van der Waals surface area contributed by atoms with Gasteiger partial charge in [0, 0.05) is 6.42 Å². The van der Waals surface area contributed by atoms with Crippen LogP contribution >= 0.6 is 7.82 Å². The van der Waals surface area contributed by atoms with Gasteiger partial charge in [0.05, 0.1) is 39.9 Å². The van der Waals surface area contributed by atoms with Crippen molar-refractivity contribution in [3.05, 3.63) is 60.8 Å². The number of phosphoric acid groups is 1. The quantitative estimate of drug-likeness (QED) is 0.0274. The van der Waals surface area contributed by atoms with Crippen LogP contribution in [-0.2, 0) is 18.4 Å². The molecule has 3 unspecified atom stereocenters. The molecule has 0 heterocycles. The molecule has 9 heteroatoms. The van der Waals surface area contributed by atoms with E-state index in [0.717, 1.165) is 57.8 Å². The second-order valence-electron chi connectivity index (χ2n) is 17.4. The molecular weight excluding hydrogens is 756 g/mol. The van der Waals surface area contributed by atoms with E-state index in [4.69, 9.17) is 9.05 Å². The number of carbonyl (C=O) groups excluding carboxylic acids is 1. The summed E-state index contributed by atoms with van der Waals surface area (Å²) >= 11 is 0. The van der Waals surface area contributed by atoms with Crippen LogP contribution in [0.5, 0.6) is 0 Å². The summed E-state index contributed by atoms with van der Waals surface area (Å²) in [5.41, 5.74) is 0. The van der Waals surface area contributed by atoms with E-state index in [1.54, 1.807) is 6.08 Å². The lowest BCUT2D eigenvalue weighted by molar-refractivity contribution is -0.870. The number of quaternary nitrogens is 1. The zero-order chi connectivity index (χ0) is 43.6. The standard InChI is InChI=1S/C50H93N2O6P/c1-6-8-10-12-14-16-18-20-21-22-23-24-25-26-27-28-29-30-31-32-34-36-38-40-42-44-50(54)51-48(47-58-59(55,56)57-46-45-52(3,4)5)49(53)43-41-39-37-35-33-19-17-15-13-11-9-7-2/h13,15,18,20,22-23,33,35,41,43,48-49,53H,6-12,14,16-17,19,21,24-32,34,36-40,42,44-47H2,1-5H3,(H-,51,54,55,56)/b15-13+,20-18-,23-22-,35-33+,43-41+. The first-order valence-electron chi connectivity index (χ1n) is 24.2. The monoisotopic (exact) mass is 849 g/mol. The van der Waals surface area contributed by atoms with Gasteiger partial charge in [-0.05, 0) is 70.6 Å². The third-order valence-corrected chi connectivity index (χ3v) is 11.4. The summed E-state index contributed by atoms with van der Waals surface area (Å²) in [6.45, 7) is 4.55. The Morgan fingerprint density at radius 3 is 1.53 bits per heavy atom. The van der Waals surface area contributed by atoms with Crippen LogP contribution in [0.4, 0.5) is 0 Å². The zero-order valence-electron chi connectivity index (χ0n) is 38.9. The van der Waals surface area contributed by atoms with Crippen LogP contribution in [0.3, 0.4) is 0 Å². The number of hydrogen-bond donors (Lipinski definition) is 2. The van der Waals surface area contributed by atoms with E-state index in [1.165, 1.54) is 122 Å². The Balaban J connectivity index is 4.25. The smallest absolute Gasteiger partial charge is 0.268 e. The van der Waals surface area contributed by atoms with Gasteiger partial charge in [0.25, 0.3) is 7.82 Å². The van der Waals surface area contributed by atoms with Crippen LogP contribution in [0.1, 0.15) is 200 Å². The van der Waals surface area contributed by atoms with Crippen molar-refractivity contribution in [2.45, 2.75) is 212 Å². The van der Waals surface area contributed by atoms with Crippen molar-refractivity contribution in [2.24, 2.45) is 0 Å². The Morgan fingerprint density at radius 2 is 1.02 bits per heavy atom. The molecule has 0 aliphatic carbocycles. The Bertz CT molecular complexity index is 1140. The third kappa shape index (κ3) is 44.1. The van der Waals surface area contributed by atoms with Crippen LogP contribution in [0, 0.1) is 0 Å². The van der Waals surface area contributed by atoms with Gasteiger partial charge in [-0.1, -0.05) is 184 Å². The molecule has 0 aromatic heterocycles. The number of unbranched alkanes of at least 4 members (excludes halogenated alkanes) is 22. The molecule has 0 radical (unpaired) electrons. The highest BCUT2D eigenvalue weighted by Crippen LogP contribution is 2.38. The first kappa shape index (κ1) is 57.2. The van der Waals surface area contributed by atoms with Crippen LogP contribution in [0.25, 0.3) is 0 Å². The van der Waals surface area contributed by atoms with Crippen LogP contribution in [0.2, 0.25) is 0 Å². The van der Waals surface area contributed by atoms with Crippen molar-refractivity contribution >= 4 is 13.7 Å². The van der Waals surface area contributed by atoms with Crippen molar-refractivity contribution in [3.8, 4) is 0 Å². The molecule has 0 aromatic carbocycles. The lowest BCUT2D eigenvalue weighted by Gasteiger charge is -2.29. The summed E-state index contributed by atoms with van der Waals surface area (Å²) in [4.78, 5) is 25.3. The number of aliphatic hydroxyl groups excluding tert-OH is 1. The highest BCUT2D eigenvalue weighted by molar-refractivity contribution is 7.45. The van der Waals surface area contributed by atoms with Gasteiger partial charge in [0.1, 0.15) is 13.2 Å². The third-order valence-electron chi connectivity index (χ3n) is 10.4. The number of carbonyl (C=O) groups is 1. The highest BCUT2D eigenvalue weighted by atomic mass is 31.2. The lowest BCUT2D eigenvalue weighted by atomic mass is 10.0. The first-order chi connectivity index (χ1) is 28.5. The molecule has 0 saturated carbocycles. The van der Waals surface area contributed by atoms with E-state index in [1.807, 2.05) is 27.2 Å². The molecule has 3 atom stereocenters. The average Bonchev–Trinajstić information content (AvgIpc) is 3.19. The van der Waals surface area contributed by atoms with Crippen LogP contribution in [0.15, 0.2) is 60.8 Å². The number of nitrogens with zero attached hydrogens (tertiary/aromatic N) is 1. The minimum Gasteiger partial charge on any atom is -0.756 e. The first-order valence-corrected chi connectivity index (χ1v) is 25.6. The molecule has 59 heavy (non-hydrogen) atoms. The molecule has 0 bridgehead atoms. The summed E-state index contributed by atoms with van der Waals surface area (Å²) < 4.78 is 23.2. The molecular formula is C50H93N2O6P. The number of amides is 1. The normalized spacial score (nSPS) is 14.8. The van der Waals surface area contributed by atoms with Crippen molar-refractivity contribution in [1.29, 1.82) is 0 Å². The average molecular weight is 849 g/mol. The maximum absolute atomic E-state index is 12.9. The Labute approximate surface area is 364 Å². The minimum atomic E-state index is -4.60. The van der Waals surface area contributed by atoms with Gasteiger partial charge in [-0.25, -0.2) is 0 Å². The molecule has 0 saturated heterocycles. The Kier molecular flexibility index (Phi) is 40.3. The van der Waals surface area contributed by atoms with E-state index in [2.05, 4.69) is 67.8 Å². The van der Waals surface area contributed by atoms with Gasteiger partial charge in [0.15, 0.2) is 0 Å². The van der Waals surface area contributed by atoms with Crippen molar-refractivity contribution < 1.29 is 32.9 Å². The van der Waals surface area contributed by atoms with Crippen LogP contribution in [-0.4, -0.2) is 68.5 Å². The second kappa shape index (κ2) is 41.5. The number of likely N-dealkylation sites (N-methyl/N-ethyl adjacent to an activating group) is 1. The topological polar surface area (TPSA) is 108 Å². The minimum absolute atomic E-state index is 0.0109. The van der Waals surface area contributed by atoms with E-state index < -0.39 is 26.6 Å². The zero-order valence-corrected chi connectivity index (χ0v) is 39.8. The van der Waals surface area contributed by atoms with Gasteiger partial charge in [-0.2, -0.15) is 0 Å². The predicted octanol–water partition coefficient (Wildman–Crippen LogP) is 13.2. The number of allylic oxidation sites excluding steroid dienone is 9. The highest BCUT2D eigenvalue weighted by Gasteiger charge is 2.23. The summed E-state index contributed by atoms with van der Waals surface area (Å²) in [5.74, 6) is -0.215. The fourth-order valence-corrected chi connectivity index (χ4v) is 7.28. The molecule has 344 valence electrons. The molecule has 2 N–H and O–H groups in total. The summed E-state index contributed by atoms with van der Waals surface area (Å²) in [6, 6.07) is -0.910. The second-order valence-corrected chi connectivity index (χ2v) is 18.8. The number of rotatable bonds is 43. The van der Waals surface area contributed by atoms with Crippen molar-refractivity contribution in [1.82, 2.24) is 5.32 Å². The predicted molar refractivity (Wildman–Crippen MR) is 251 cm³/mol. The molecule has 0 fully saturated rings. The molecule has 0 aliphatic heterocycles. The van der Waals surface area contributed by atoms with Gasteiger partial charge < -0.3 is 28.8 Å². The van der Waals surface area contributed by atoms with E-state index in [9.17, 15) is 19.4 Å². The number of aliphatic hydroxyl groups is 1. The van der Waals surface area contributed by atoms with Crippen molar-refractivity contribution in [2.75, 3.05) is 40.9 Å². The number of nitrogens with one attached hydrogen (secondary N) is 1. The molecule has 1 amide bonds. The van der Waals surface area contributed by atoms with Gasteiger partial charge in [0.2, 0.25) is 5.91 Å². The van der Waals surface area contributed by atoms with E-state index in [0.29, 0.717) is 17.4 Å². The van der Waals surface area contributed by atoms with Gasteiger partial charge in [-0.15, -0.1) is 0 Å². The van der Waals surface area contributed by atoms with E-state index >= 15 is 0 Å². The lowest BCUT2D eigenvalue weighted by Crippen LogP contribution is -2.45. The molecule has 0 aliphatic rings. The molecule has 0 spiro atoms. The molecule has 0 aromatic rings. The fraction of sp³-hybridized carbons (Fsp3) is 0.780. The summed E-state index contributed by atoms with van der Waals surface area (Å²) in [5, 5.41) is 13.7. The Hall–Kier alpha value is -1.80. The largest absolute Gasteiger partial charge is 0.756 e. The van der Waals surface area contributed by atoms with Gasteiger partial charge in [-0.3, -0.25) is 9.36 Å². The number of hydrogen-bond acceptors (Lipinski definition) is 6. The fourth-order valence-electron chi connectivity index (χ4n) is 6.55. The van der Waals surface area contributed by atoms with Gasteiger partial charge >= 0.3 is 0 Å². The molecule has 8 nitrogen and oxygen atoms in total. The Morgan fingerprint density at radius 1 is 0.593 bits per heavy atom.